The van der Waals surface area contributed by atoms with Crippen LogP contribution in [0.25, 0.3) is 33.7 Å². The number of fused-ring (bicyclic) bond motifs is 1. The molecule has 0 aliphatic rings. The van der Waals surface area contributed by atoms with Crippen LogP contribution in [0.5, 0.6) is 0 Å². The average molecular weight is 394 g/mol. The van der Waals surface area contributed by atoms with Gasteiger partial charge in [0.05, 0.1) is 5.69 Å². The number of nitrogens with one attached hydrogen (secondary N) is 1. The molecule has 0 spiro atoms. The molecule has 4 rings (SSSR count). The van der Waals surface area contributed by atoms with E-state index in [1.54, 1.807) is 30.7 Å². The molecule has 8 heteroatoms. The topological polar surface area (TPSA) is 93.5 Å². The second-order valence-corrected chi connectivity index (χ2v) is 6.99. The number of aromatic nitrogens is 5. The molecular weight excluding hydrogens is 378 g/mol. The predicted molar refractivity (Wildman–Crippen MR) is 108 cm³/mol. The minimum absolute atomic E-state index is 0.0761. The number of halogens is 1. The number of rotatable bonds is 3. The van der Waals surface area contributed by atoms with Gasteiger partial charge < -0.3 is 9.55 Å². The Morgan fingerprint density at radius 3 is 2.61 bits per heavy atom. The van der Waals surface area contributed by atoms with Gasteiger partial charge in [-0.1, -0.05) is 11.6 Å². The fraction of sp³-hybridized carbons (Fsp3) is 0.150. The van der Waals surface area contributed by atoms with Gasteiger partial charge in [0.1, 0.15) is 10.7 Å². The van der Waals surface area contributed by atoms with Gasteiger partial charge in [-0.25, -0.2) is 9.97 Å². The van der Waals surface area contributed by atoms with Crippen molar-refractivity contribution < 1.29 is 0 Å². The summed E-state index contributed by atoms with van der Waals surface area (Å²) in [5.74, 6) is 0. The maximum Gasteiger partial charge on any atom is 0.269 e. The molecule has 1 N–H and O–H groups in total. The van der Waals surface area contributed by atoms with Crippen molar-refractivity contribution in [3.8, 4) is 22.5 Å². The summed E-state index contributed by atoms with van der Waals surface area (Å²) in [6, 6.07) is 6.50. The highest BCUT2D eigenvalue weighted by Gasteiger charge is 2.17. The number of H-pyrrole nitrogens is 1. The van der Waals surface area contributed by atoms with Crippen LogP contribution in [0.15, 0.2) is 58.6 Å². The Labute approximate surface area is 164 Å². The molecule has 28 heavy (non-hydrogen) atoms. The summed E-state index contributed by atoms with van der Waals surface area (Å²) < 4.78 is 1.53. The van der Waals surface area contributed by atoms with Gasteiger partial charge in [0.15, 0.2) is 11.2 Å². The SMILES string of the molecule is CC(C)n1cc(-c2nc3c(=O)cc[nH]c3nc2-c2cccnc2)cc(Cl)c1=O. The van der Waals surface area contributed by atoms with E-state index in [2.05, 4.69) is 19.9 Å². The number of hydrogen-bond acceptors (Lipinski definition) is 5. The van der Waals surface area contributed by atoms with Gasteiger partial charge in [-0.3, -0.25) is 14.6 Å². The summed E-state index contributed by atoms with van der Waals surface area (Å²) in [6.07, 6.45) is 6.55. The molecule has 0 unspecified atom stereocenters. The fourth-order valence-corrected chi connectivity index (χ4v) is 3.18. The van der Waals surface area contributed by atoms with Gasteiger partial charge in [0, 0.05) is 48.0 Å². The molecule has 0 saturated carbocycles. The Morgan fingerprint density at radius 2 is 1.89 bits per heavy atom. The highest BCUT2D eigenvalue weighted by atomic mass is 35.5. The molecule has 7 nitrogen and oxygen atoms in total. The molecule has 0 aliphatic heterocycles. The normalized spacial score (nSPS) is 11.3. The first kappa shape index (κ1) is 18.1. The van der Waals surface area contributed by atoms with Crippen molar-refractivity contribution in [2.75, 3.05) is 0 Å². The molecule has 0 bridgehead atoms. The minimum atomic E-state index is -0.282. The van der Waals surface area contributed by atoms with Crippen LogP contribution in [0.4, 0.5) is 0 Å². The van der Waals surface area contributed by atoms with Crippen LogP contribution < -0.4 is 11.0 Å². The maximum atomic E-state index is 12.3. The van der Waals surface area contributed by atoms with Crippen molar-refractivity contribution >= 4 is 22.8 Å². The summed E-state index contributed by atoms with van der Waals surface area (Å²) in [7, 11) is 0. The summed E-state index contributed by atoms with van der Waals surface area (Å²) in [5, 5.41) is 0.0761. The maximum absolute atomic E-state index is 12.3. The van der Waals surface area contributed by atoms with Crippen LogP contribution in [0.2, 0.25) is 5.02 Å². The number of aromatic amines is 1. The molecule has 0 atom stereocenters. The van der Waals surface area contributed by atoms with Gasteiger partial charge in [-0.2, -0.15) is 0 Å². The van der Waals surface area contributed by atoms with E-state index in [-0.39, 0.29) is 27.6 Å². The lowest BCUT2D eigenvalue weighted by Crippen LogP contribution is -2.22. The number of hydrogen-bond donors (Lipinski definition) is 1. The van der Waals surface area contributed by atoms with Crippen LogP contribution in [-0.2, 0) is 0 Å². The van der Waals surface area contributed by atoms with Crippen molar-refractivity contribution in [2.45, 2.75) is 19.9 Å². The van der Waals surface area contributed by atoms with Gasteiger partial charge in [0.25, 0.3) is 5.56 Å². The van der Waals surface area contributed by atoms with E-state index in [0.29, 0.717) is 22.6 Å². The lowest BCUT2D eigenvalue weighted by molar-refractivity contribution is 0.579. The smallest absolute Gasteiger partial charge is 0.269 e. The second kappa shape index (κ2) is 7.01. The van der Waals surface area contributed by atoms with E-state index in [4.69, 9.17) is 11.6 Å². The predicted octanol–water partition coefficient (Wildman–Crippen LogP) is 3.44. The van der Waals surface area contributed by atoms with Gasteiger partial charge >= 0.3 is 0 Å². The standard InChI is InChI=1S/C20H16ClN5O2/c1-11(2)26-10-13(8-14(21)20(26)28)17-16(12-4-3-6-22-9-12)25-19-18(24-17)15(27)5-7-23-19/h3-11H,1-2H3,(H,23,25,27). The molecule has 140 valence electrons. The van der Waals surface area contributed by atoms with Crippen molar-refractivity contribution in [1.29, 1.82) is 0 Å². The third kappa shape index (κ3) is 3.10. The van der Waals surface area contributed by atoms with E-state index in [1.807, 2.05) is 19.9 Å². The first-order valence-electron chi connectivity index (χ1n) is 8.67. The Morgan fingerprint density at radius 1 is 1.11 bits per heavy atom. The largest absolute Gasteiger partial charge is 0.345 e. The molecule has 4 aromatic heterocycles. The first-order chi connectivity index (χ1) is 13.5. The lowest BCUT2D eigenvalue weighted by atomic mass is 10.1. The van der Waals surface area contributed by atoms with Crippen LogP contribution in [0.1, 0.15) is 19.9 Å². The molecule has 0 amide bonds. The zero-order chi connectivity index (χ0) is 19.8. The Balaban J connectivity index is 2.10. The average Bonchev–Trinajstić information content (AvgIpc) is 2.70. The molecule has 0 aromatic carbocycles. The van der Waals surface area contributed by atoms with Crippen LogP contribution in [0.3, 0.4) is 0 Å². The Kier molecular flexibility index (Phi) is 4.52. The van der Waals surface area contributed by atoms with Crippen LogP contribution >= 0.6 is 11.6 Å². The zero-order valence-electron chi connectivity index (χ0n) is 15.2. The molecular formula is C20H16ClN5O2. The quantitative estimate of drug-likeness (QED) is 0.575. The second-order valence-electron chi connectivity index (χ2n) is 6.58. The Hall–Kier alpha value is -3.32. The highest BCUT2D eigenvalue weighted by Crippen LogP contribution is 2.30. The molecule has 0 saturated heterocycles. The first-order valence-corrected chi connectivity index (χ1v) is 9.05. The third-order valence-corrected chi connectivity index (χ3v) is 4.62. The minimum Gasteiger partial charge on any atom is -0.345 e. The Bertz CT molecular complexity index is 1300. The van der Waals surface area contributed by atoms with Crippen molar-refractivity contribution in [1.82, 2.24) is 24.5 Å². The van der Waals surface area contributed by atoms with E-state index >= 15 is 0 Å². The van der Waals surface area contributed by atoms with Crippen molar-refractivity contribution in [3.63, 3.8) is 0 Å². The third-order valence-electron chi connectivity index (χ3n) is 4.35. The highest BCUT2D eigenvalue weighted by molar-refractivity contribution is 6.30. The number of pyridine rings is 3. The molecule has 4 aromatic rings. The van der Waals surface area contributed by atoms with E-state index in [9.17, 15) is 9.59 Å². The summed E-state index contributed by atoms with van der Waals surface area (Å²) in [4.78, 5) is 40.9. The summed E-state index contributed by atoms with van der Waals surface area (Å²) in [6.45, 7) is 3.78. The van der Waals surface area contributed by atoms with E-state index < -0.39 is 0 Å². The number of nitrogens with zero attached hydrogens (tertiary/aromatic N) is 4. The van der Waals surface area contributed by atoms with Crippen LogP contribution in [-0.4, -0.2) is 24.5 Å². The molecule has 0 fully saturated rings. The van der Waals surface area contributed by atoms with Crippen molar-refractivity contribution in [3.05, 3.63) is 74.7 Å². The fourth-order valence-electron chi connectivity index (χ4n) is 2.97. The zero-order valence-corrected chi connectivity index (χ0v) is 15.9. The van der Waals surface area contributed by atoms with Gasteiger partial charge in [-0.05, 0) is 32.0 Å². The van der Waals surface area contributed by atoms with Gasteiger partial charge in [-0.15, -0.1) is 0 Å². The van der Waals surface area contributed by atoms with Crippen LogP contribution in [0, 0.1) is 0 Å². The molecule has 4 heterocycles. The monoisotopic (exact) mass is 393 g/mol. The van der Waals surface area contributed by atoms with E-state index in [0.717, 1.165) is 5.56 Å². The summed E-state index contributed by atoms with van der Waals surface area (Å²) in [5.41, 5.74) is 2.37. The van der Waals surface area contributed by atoms with Gasteiger partial charge in [0.2, 0.25) is 5.43 Å². The molecule has 0 radical (unpaired) electrons. The lowest BCUT2D eigenvalue weighted by Gasteiger charge is -2.14. The van der Waals surface area contributed by atoms with Crippen molar-refractivity contribution in [2.24, 2.45) is 0 Å². The summed E-state index contributed by atoms with van der Waals surface area (Å²) >= 11 is 6.20. The van der Waals surface area contributed by atoms with E-state index in [1.165, 1.54) is 16.8 Å². The molecule has 0 aliphatic carbocycles.